The Bertz CT molecular complexity index is 535. The fraction of sp³-hybridized carbons (Fsp3) is 0.0769. The highest BCUT2D eigenvalue weighted by Crippen LogP contribution is 2.28. The second-order valence-corrected chi connectivity index (χ2v) is 3.67. The van der Waals surface area contributed by atoms with Crippen molar-refractivity contribution in [2.24, 2.45) is 0 Å². The molecular formula is C13H11F2N. The molecule has 0 radical (unpaired) electrons. The molecule has 0 aliphatic carbocycles. The molecule has 0 bridgehead atoms. The highest BCUT2D eigenvalue weighted by molar-refractivity contribution is 5.71. The van der Waals surface area contributed by atoms with Crippen molar-refractivity contribution in [3.05, 3.63) is 53.6 Å². The van der Waals surface area contributed by atoms with E-state index in [1.165, 1.54) is 6.07 Å². The molecule has 0 saturated carbocycles. The lowest BCUT2D eigenvalue weighted by atomic mass is 9.99. The van der Waals surface area contributed by atoms with Gasteiger partial charge in [-0.15, -0.1) is 0 Å². The maximum Gasteiger partial charge on any atom is 0.149 e. The zero-order valence-electron chi connectivity index (χ0n) is 8.80. The lowest BCUT2D eigenvalue weighted by Crippen LogP contribution is -1.95. The highest BCUT2D eigenvalue weighted by atomic mass is 19.1. The van der Waals surface area contributed by atoms with Crippen LogP contribution in [0.15, 0.2) is 36.4 Å². The van der Waals surface area contributed by atoms with E-state index in [1.54, 1.807) is 12.1 Å². The van der Waals surface area contributed by atoms with Crippen LogP contribution < -0.4 is 5.73 Å². The number of halogens is 2. The molecule has 0 atom stereocenters. The van der Waals surface area contributed by atoms with Gasteiger partial charge in [0.25, 0.3) is 0 Å². The van der Waals surface area contributed by atoms with Gasteiger partial charge < -0.3 is 5.73 Å². The van der Waals surface area contributed by atoms with Gasteiger partial charge in [0.1, 0.15) is 11.6 Å². The van der Waals surface area contributed by atoms with Crippen LogP contribution in [0.5, 0.6) is 0 Å². The predicted octanol–water partition coefficient (Wildman–Crippen LogP) is 3.52. The second-order valence-electron chi connectivity index (χ2n) is 3.67. The summed E-state index contributed by atoms with van der Waals surface area (Å²) >= 11 is 0. The Morgan fingerprint density at radius 2 is 1.62 bits per heavy atom. The molecule has 0 aliphatic rings. The van der Waals surface area contributed by atoms with Crippen LogP contribution in [-0.2, 0) is 0 Å². The van der Waals surface area contributed by atoms with E-state index in [-0.39, 0.29) is 5.69 Å². The van der Waals surface area contributed by atoms with Crippen LogP contribution in [0.25, 0.3) is 11.1 Å². The summed E-state index contributed by atoms with van der Waals surface area (Å²) in [5, 5.41) is 0. The summed E-state index contributed by atoms with van der Waals surface area (Å²) in [6.45, 7) is 1.87. The van der Waals surface area contributed by atoms with Crippen molar-refractivity contribution in [1.29, 1.82) is 0 Å². The van der Waals surface area contributed by atoms with E-state index in [0.29, 0.717) is 5.56 Å². The number of aryl methyl sites for hydroxylation is 1. The van der Waals surface area contributed by atoms with Crippen LogP contribution in [-0.4, -0.2) is 0 Å². The monoisotopic (exact) mass is 219 g/mol. The topological polar surface area (TPSA) is 26.0 Å². The lowest BCUT2D eigenvalue weighted by molar-refractivity contribution is 0.588. The smallest absolute Gasteiger partial charge is 0.149 e. The van der Waals surface area contributed by atoms with Crippen LogP contribution in [0.3, 0.4) is 0 Å². The molecule has 0 heterocycles. The first-order chi connectivity index (χ1) is 7.59. The number of nitrogen functional groups attached to an aromatic ring is 1. The second kappa shape index (κ2) is 3.93. The summed E-state index contributed by atoms with van der Waals surface area (Å²) in [4.78, 5) is 0. The first kappa shape index (κ1) is 10.6. The van der Waals surface area contributed by atoms with Gasteiger partial charge in [0.05, 0.1) is 5.69 Å². The Balaban J connectivity index is 2.65. The first-order valence-corrected chi connectivity index (χ1v) is 4.90. The molecule has 0 spiro atoms. The Labute approximate surface area is 92.5 Å². The summed E-state index contributed by atoms with van der Waals surface area (Å²) in [5.41, 5.74) is 7.38. The molecule has 16 heavy (non-hydrogen) atoms. The van der Waals surface area contributed by atoms with Crippen molar-refractivity contribution in [2.75, 3.05) is 5.73 Å². The number of benzene rings is 2. The number of hydrogen-bond donors (Lipinski definition) is 1. The van der Waals surface area contributed by atoms with Crippen molar-refractivity contribution in [3.8, 4) is 11.1 Å². The number of rotatable bonds is 1. The van der Waals surface area contributed by atoms with Gasteiger partial charge in [-0.25, -0.2) is 8.78 Å². The molecule has 2 aromatic carbocycles. The van der Waals surface area contributed by atoms with Gasteiger partial charge >= 0.3 is 0 Å². The average molecular weight is 219 g/mol. The van der Waals surface area contributed by atoms with Gasteiger partial charge in [-0.1, -0.05) is 24.3 Å². The molecule has 0 fully saturated rings. The standard InChI is InChI=1S/C13H11F2N/c1-8-4-2-3-5-9(8)10-6-13(16)12(15)7-11(10)14/h2-7H,16H2,1H3. The zero-order chi connectivity index (χ0) is 11.7. The Morgan fingerprint density at radius 1 is 0.938 bits per heavy atom. The van der Waals surface area contributed by atoms with Crippen molar-refractivity contribution >= 4 is 5.69 Å². The predicted molar refractivity (Wildman–Crippen MR) is 60.9 cm³/mol. The molecule has 0 amide bonds. The Morgan fingerprint density at radius 3 is 2.31 bits per heavy atom. The maximum atomic E-state index is 13.6. The highest BCUT2D eigenvalue weighted by Gasteiger charge is 2.10. The van der Waals surface area contributed by atoms with Gasteiger partial charge in [-0.3, -0.25) is 0 Å². The Kier molecular flexibility index (Phi) is 2.60. The third-order valence-corrected chi connectivity index (χ3v) is 2.52. The van der Waals surface area contributed by atoms with Gasteiger partial charge in [0.2, 0.25) is 0 Å². The van der Waals surface area contributed by atoms with E-state index in [4.69, 9.17) is 5.73 Å². The van der Waals surface area contributed by atoms with Gasteiger partial charge in [-0.05, 0) is 24.1 Å². The molecule has 1 nitrogen and oxygen atoms in total. The summed E-state index contributed by atoms with van der Waals surface area (Å²) in [6, 6.07) is 9.47. The molecular weight excluding hydrogens is 208 g/mol. The maximum absolute atomic E-state index is 13.6. The van der Waals surface area contributed by atoms with Crippen LogP contribution in [0.2, 0.25) is 0 Å². The number of hydrogen-bond acceptors (Lipinski definition) is 1. The van der Waals surface area contributed by atoms with Crippen LogP contribution in [0.4, 0.5) is 14.5 Å². The van der Waals surface area contributed by atoms with Gasteiger partial charge in [-0.2, -0.15) is 0 Å². The molecule has 3 heteroatoms. The third kappa shape index (κ3) is 1.76. The molecule has 2 aromatic rings. The fourth-order valence-electron chi connectivity index (χ4n) is 1.65. The van der Waals surface area contributed by atoms with E-state index < -0.39 is 11.6 Å². The van der Waals surface area contributed by atoms with Crippen LogP contribution >= 0.6 is 0 Å². The summed E-state index contributed by atoms with van der Waals surface area (Å²) in [5.74, 6) is -1.32. The summed E-state index contributed by atoms with van der Waals surface area (Å²) in [6.07, 6.45) is 0. The normalized spacial score (nSPS) is 10.4. The zero-order valence-corrected chi connectivity index (χ0v) is 8.80. The quantitative estimate of drug-likeness (QED) is 0.729. The minimum Gasteiger partial charge on any atom is -0.396 e. The summed E-state index contributed by atoms with van der Waals surface area (Å²) in [7, 11) is 0. The average Bonchev–Trinajstić information content (AvgIpc) is 2.25. The largest absolute Gasteiger partial charge is 0.396 e. The van der Waals surface area contributed by atoms with Crippen molar-refractivity contribution < 1.29 is 8.78 Å². The van der Waals surface area contributed by atoms with E-state index in [9.17, 15) is 8.78 Å². The van der Waals surface area contributed by atoms with E-state index in [0.717, 1.165) is 17.2 Å². The van der Waals surface area contributed by atoms with Gasteiger partial charge in [0, 0.05) is 11.6 Å². The minimum atomic E-state index is -0.727. The van der Waals surface area contributed by atoms with Crippen LogP contribution in [0.1, 0.15) is 5.56 Å². The third-order valence-electron chi connectivity index (χ3n) is 2.52. The molecule has 0 saturated heterocycles. The van der Waals surface area contributed by atoms with E-state index in [2.05, 4.69) is 0 Å². The number of anilines is 1. The van der Waals surface area contributed by atoms with Crippen molar-refractivity contribution in [2.45, 2.75) is 6.92 Å². The first-order valence-electron chi connectivity index (χ1n) is 4.90. The molecule has 0 aromatic heterocycles. The lowest BCUT2D eigenvalue weighted by Gasteiger charge is -2.08. The minimum absolute atomic E-state index is 0.0420. The van der Waals surface area contributed by atoms with Gasteiger partial charge in [0.15, 0.2) is 0 Å². The molecule has 0 unspecified atom stereocenters. The molecule has 2 N–H and O–H groups in total. The fourth-order valence-corrected chi connectivity index (χ4v) is 1.65. The van der Waals surface area contributed by atoms with Crippen molar-refractivity contribution in [3.63, 3.8) is 0 Å². The van der Waals surface area contributed by atoms with Crippen LogP contribution in [0, 0.1) is 18.6 Å². The number of nitrogens with two attached hydrogens (primary N) is 1. The molecule has 82 valence electrons. The van der Waals surface area contributed by atoms with E-state index >= 15 is 0 Å². The summed E-state index contributed by atoms with van der Waals surface area (Å²) < 4.78 is 26.6. The Hall–Kier alpha value is -1.90. The SMILES string of the molecule is Cc1ccccc1-c1cc(N)c(F)cc1F. The molecule has 2 rings (SSSR count). The molecule has 0 aliphatic heterocycles. The van der Waals surface area contributed by atoms with E-state index in [1.807, 2.05) is 19.1 Å². The van der Waals surface area contributed by atoms with Crippen molar-refractivity contribution in [1.82, 2.24) is 0 Å².